The third-order valence-electron chi connectivity index (χ3n) is 6.28. The fourth-order valence-electron chi connectivity index (χ4n) is 4.41. The Hall–Kier alpha value is -3.13. The van der Waals surface area contributed by atoms with Crippen LogP contribution in [0.2, 0.25) is 0 Å². The average Bonchev–Trinajstić information content (AvgIpc) is 3.09. The summed E-state index contributed by atoms with van der Waals surface area (Å²) in [7, 11) is 1.66. The number of amides is 2. The van der Waals surface area contributed by atoms with E-state index in [-0.39, 0.29) is 30.3 Å². The number of ether oxygens (including phenoxy) is 2. The monoisotopic (exact) mass is 452 g/mol. The zero-order valence-electron chi connectivity index (χ0n) is 19.3. The number of aromatic nitrogens is 1. The van der Waals surface area contributed by atoms with Crippen LogP contribution in [0.5, 0.6) is 11.5 Å². The van der Waals surface area contributed by atoms with E-state index in [0.717, 1.165) is 42.1 Å². The van der Waals surface area contributed by atoms with Crippen LogP contribution in [0.3, 0.4) is 0 Å². The van der Waals surface area contributed by atoms with Crippen LogP contribution in [-0.4, -0.2) is 66.0 Å². The topological polar surface area (TPSA) is 84.0 Å². The summed E-state index contributed by atoms with van der Waals surface area (Å²) in [5.41, 5.74) is 2.06. The second-order valence-electron chi connectivity index (χ2n) is 8.68. The molecule has 8 nitrogen and oxygen atoms in total. The van der Waals surface area contributed by atoms with E-state index in [4.69, 9.17) is 9.47 Å². The number of methoxy groups -OCH3 is 1. The van der Waals surface area contributed by atoms with Crippen molar-refractivity contribution >= 4 is 11.8 Å². The second-order valence-corrected chi connectivity index (χ2v) is 8.68. The Morgan fingerprint density at radius 2 is 2.18 bits per heavy atom. The minimum absolute atomic E-state index is 0.0139. The van der Waals surface area contributed by atoms with Gasteiger partial charge in [0.2, 0.25) is 11.8 Å². The van der Waals surface area contributed by atoms with Gasteiger partial charge in [-0.3, -0.25) is 19.5 Å². The molecular weight excluding hydrogens is 420 g/mol. The first-order valence-corrected chi connectivity index (χ1v) is 11.6. The van der Waals surface area contributed by atoms with Gasteiger partial charge in [-0.1, -0.05) is 13.0 Å². The Balaban J connectivity index is 1.29. The van der Waals surface area contributed by atoms with Gasteiger partial charge in [-0.05, 0) is 36.2 Å². The van der Waals surface area contributed by atoms with Gasteiger partial charge < -0.3 is 19.7 Å². The van der Waals surface area contributed by atoms with Crippen molar-refractivity contribution in [2.45, 2.75) is 39.0 Å². The Morgan fingerprint density at radius 1 is 1.30 bits per heavy atom. The van der Waals surface area contributed by atoms with Crippen LogP contribution in [0.1, 0.15) is 30.9 Å². The maximum absolute atomic E-state index is 12.7. The van der Waals surface area contributed by atoms with Crippen molar-refractivity contribution in [3.05, 3.63) is 53.9 Å². The van der Waals surface area contributed by atoms with Gasteiger partial charge in [-0.15, -0.1) is 0 Å². The molecule has 2 aromatic rings. The van der Waals surface area contributed by atoms with Crippen molar-refractivity contribution in [3.63, 3.8) is 0 Å². The van der Waals surface area contributed by atoms with E-state index in [1.54, 1.807) is 24.4 Å². The molecule has 0 bridgehead atoms. The highest BCUT2D eigenvalue weighted by Crippen LogP contribution is 2.29. The molecule has 8 heteroatoms. The number of benzene rings is 1. The fourth-order valence-corrected chi connectivity index (χ4v) is 4.41. The van der Waals surface area contributed by atoms with Crippen LogP contribution in [0.4, 0.5) is 0 Å². The van der Waals surface area contributed by atoms with Crippen molar-refractivity contribution in [3.8, 4) is 11.5 Å². The SMILES string of the molecule is CC[C@@H]1CN(CCNC(=O)[C@H]2CC(=O)N(Cc3cccnc3)C2)Cc2cc(OC)ccc2O1. The Kier molecular flexibility index (Phi) is 7.44. The number of carbonyl (C=O) groups is 2. The zero-order chi connectivity index (χ0) is 23.2. The molecule has 1 aromatic carbocycles. The lowest BCUT2D eigenvalue weighted by Crippen LogP contribution is -2.40. The largest absolute Gasteiger partial charge is 0.497 e. The highest BCUT2D eigenvalue weighted by molar-refractivity contribution is 5.89. The Labute approximate surface area is 194 Å². The van der Waals surface area contributed by atoms with E-state index in [9.17, 15) is 9.59 Å². The lowest BCUT2D eigenvalue weighted by Gasteiger charge is -2.23. The minimum atomic E-state index is -0.310. The van der Waals surface area contributed by atoms with E-state index >= 15 is 0 Å². The van der Waals surface area contributed by atoms with Crippen molar-refractivity contribution < 1.29 is 19.1 Å². The molecule has 0 saturated carbocycles. The molecule has 0 radical (unpaired) electrons. The molecule has 1 saturated heterocycles. The molecule has 2 atom stereocenters. The number of hydrogen-bond donors (Lipinski definition) is 1. The van der Waals surface area contributed by atoms with Crippen molar-refractivity contribution in [1.82, 2.24) is 20.1 Å². The van der Waals surface area contributed by atoms with Crippen LogP contribution in [0.25, 0.3) is 0 Å². The first kappa shape index (κ1) is 23.0. The van der Waals surface area contributed by atoms with E-state index in [2.05, 4.69) is 22.1 Å². The normalized spacial score (nSPS) is 20.7. The predicted octanol–water partition coefficient (Wildman–Crippen LogP) is 2.23. The fraction of sp³-hybridized carbons (Fsp3) is 0.480. The molecule has 2 amide bonds. The summed E-state index contributed by atoms with van der Waals surface area (Å²) >= 11 is 0. The van der Waals surface area contributed by atoms with Crippen LogP contribution >= 0.6 is 0 Å². The Bertz CT molecular complexity index is 968. The van der Waals surface area contributed by atoms with Gasteiger partial charge in [0.05, 0.1) is 13.0 Å². The maximum atomic E-state index is 12.7. The van der Waals surface area contributed by atoms with E-state index in [1.165, 1.54) is 0 Å². The van der Waals surface area contributed by atoms with Gasteiger partial charge in [0.15, 0.2) is 0 Å². The number of likely N-dealkylation sites (tertiary alicyclic amines) is 1. The molecule has 1 N–H and O–H groups in total. The second kappa shape index (κ2) is 10.7. The van der Waals surface area contributed by atoms with Gasteiger partial charge in [-0.2, -0.15) is 0 Å². The molecule has 33 heavy (non-hydrogen) atoms. The number of hydrogen-bond acceptors (Lipinski definition) is 6. The summed E-state index contributed by atoms with van der Waals surface area (Å²) in [5.74, 6) is 1.35. The summed E-state index contributed by atoms with van der Waals surface area (Å²) < 4.78 is 11.6. The summed E-state index contributed by atoms with van der Waals surface area (Å²) in [4.78, 5) is 33.3. The zero-order valence-corrected chi connectivity index (χ0v) is 19.3. The van der Waals surface area contributed by atoms with Gasteiger partial charge in [0.1, 0.15) is 17.6 Å². The number of nitrogens with one attached hydrogen (secondary N) is 1. The van der Waals surface area contributed by atoms with Crippen LogP contribution in [0, 0.1) is 5.92 Å². The maximum Gasteiger partial charge on any atom is 0.225 e. The van der Waals surface area contributed by atoms with Crippen LogP contribution in [0.15, 0.2) is 42.7 Å². The first-order chi connectivity index (χ1) is 16.1. The summed E-state index contributed by atoms with van der Waals surface area (Å²) in [6.07, 6.45) is 4.73. The summed E-state index contributed by atoms with van der Waals surface area (Å²) in [5, 5.41) is 3.04. The minimum Gasteiger partial charge on any atom is -0.497 e. The quantitative estimate of drug-likeness (QED) is 0.661. The molecule has 1 fully saturated rings. The molecule has 2 aliphatic heterocycles. The van der Waals surface area contributed by atoms with E-state index in [1.807, 2.05) is 30.3 Å². The van der Waals surface area contributed by atoms with E-state index in [0.29, 0.717) is 26.2 Å². The molecule has 0 aliphatic carbocycles. The highest BCUT2D eigenvalue weighted by atomic mass is 16.5. The predicted molar refractivity (Wildman–Crippen MR) is 124 cm³/mol. The third kappa shape index (κ3) is 5.82. The highest BCUT2D eigenvalue weighted by Gasteiger charge is 2.34. The number of fused-ring (bicyclic) bond motifs is 1. The molecule has 0 spiro atoms. The van der Waals surface area contributed by atoms with Crippen molar-refractivity contribution in [2.75, 3.05) is 33.3 Å². The molecule has 0 unspecified atom stereocenters. The standard InChI is InChI=1S/C25H32N4O4/c1-3-21-17-28(15-19-11-22(32-2)6-7-23(19)33-21)10-9-27-25(31)20-12-24(30)29(16-20)14-18-5-4-8-26-13-18/h4-8,11,13,20-21H,3,9-10,12,14-17H2,1-2H3,(H,27,31)/t20-,21+/m0/s1. The number of nitrogens with zero attached hydrogens (tertiary/aromatic N) is 3. The lowest BCUT2D eigenvalue weighted by atomic mass is 10.1. The Morgan fingerprint density at radius 3 is 2.94 bits per heavy atom. The molecule has 1 aromatic heterocycles. The van der Waals surface area contributed by atoms with Gasteiger partial charge >= 0.3 is 0 Å². The summed E-state index contributed by atoms with van der Waals surface area (Å²) in [6, 6.07) is 9.69. The van der Waals surface area contributed by atoms with Gasteiger partial charge in [0.25, 0.3) is 0 Å². The first-order valence-electron chi connectivity index (χ1n) is 11.6. The van der Waals surface area contributed by atoms with E-state index < -0.39 is 0 Å². The van der Waals surface area contributed by atoms with Gasteiger partial charge in [0, 0.05) is 63.6 Å². The molecule has 2 aliphatic rings. The average molecular weight is 453 g/mol. The van der Waals surface area contributed by atoms with Gasteiger partial charge in [-0.25, -0.2) is 0 Å². The van der Waals surface area contributed by atoms with Crippen LogP contribution < -0.4 is 14.8 Å². The smallest absolute Gasteiger partial charge is 0.225 e. The lowest BCUT2D eigenvalue weighted by molar-refractivity contribution is -0.129. The van der Waals surface area contributed by atoms with Crippen LogP contribution in [-0.2, 0) is 22.7 Å². The number of pyridine rings is 1. The molecule has 3 heterocycles. The molecule has 176 valence electrons. The summed E-state index contributed by atoms with van der Waals surface area (Å²) in [6.45, 7) is 5.83. The third-order valence-corrected chi connectivity index (χ3v) is 6.28. The van der Waals surface area contributed by atoms with Crippen molar-refractivity contribution in [1.29, 1.82) is 0 Å². The molecular formula is C25H32N4O4. The number of carbonyl (C=O) groups excluding carboxylic acids is 2. The number of rotatable bonds is 8. The van der Waals surface area contributed by atoms with Crippen molar-refractivity contribution in [2.24, 2.45) is 5.92 Å². The molecule has 4 rings (SSSR count).